The molecule has 0 amide bonds. The van der Waals surface area contributed by atoms with Crippen LogP contribution < -0.4 is 0 Å². The summed E-state index contributed by atoms with van der Waals surface area (Å²) in [6.45, 7) is 11.0. The van der Waals surface area contributed by atoms with Gasteiger partial charge < -0.3 is 9.67 Å². The van der Waals surface area contributed by atoms with Crippen LogP contribution in [0.15, 0.2) is 42.5 Å². The summed E-state index contributed by atoms with van der Waals surface area (Å²) in [5, 5.41) is 13.6. The monoisotopic (exact) mass is 502 g/mol. The van der Waals surface area contributed by atoms with Crippen molar-refractivity contribution in [3.63, 3.8) is 0 Å². The number of aliphatic hydroxyl groups excluding tert-OH is 1. The standard InChI is InChI=1S/C25H31IN2O/c1-24(2)17-10-11-25(24,3)16-27(13-17)14-19(29)15-28-22-7-5-4-6-20(22)21-12-18(26)8-9-23(21)28/h4-9,12,17,19,29H,10-11,13-16H2,1-3H3/t17-,19-,25+/m0/s1. The first-order valence-electron chi connectivity index (χ1n) is 10.9. The summed E-state index contributed by atoms with van der Waals surface area (Å²) in [5.74, 6) is 0.753. The third-order valence-corrected chi connectivity index (χ3v) is 8.94. The number of rotatable bonds is 4. The molecule has 2 aliphatic rings. The average molecular weight is 502 g/mol. The smallest absolute Gasteiger partial charge is 0.0845 e. The summed E-state index contributed by atoms with van der Waals surface area (Å²) in [4.78, 5) is 2.53. The van der Waals surface area contributed by atoms with Crippen molar-refractivity contribution in [3.05, 3.63) is 46.0 Å². The molecule has 2 aromatic carbocycles. The number of aromatic nitrogens is 1. The van der Waals surface area contributed by atoms with Gasteiger partial charge in [0.1, 0.15) is 0 Å². The Morgan fingerprint density at radius 1 is 1.07 bits per heavy atom. The van der Waals surface area contributed by atoms with Crippen LogP contribution in [0.4, 0.5) is 0 Å². The molecule has 0 unspecified atom stereocenters. The highest BCUT2D eigenvalue weighted by molar-refractivity contribution is 14.1. The van der Waals surface area contributed by atoms with Crippen LogP contribution >= 0.6 is 22.6 Å². The number of hydrogen-bond donors (Lipinski definition) is 1. The van der Waals surface area contributed by atoms with E-state index in [2.05, 4.69) is 95.3 Å². The molecule has 1 saturated heterocycles. The number of benzene rings is 2. The second kappa shape index (κ2) is 6.96. The molecule has 2 fully saturated rings. The molecule has 5 rings (SSSR count). The molecule has 3 atom stereocenters. The molecule has 1 aliphatic carbocycles. The third kappa shape index (κ3) is 3.14. The zero-order chi connectivity index (χ0) is 20.4. The lowest BCUT2D eigenvalue weighted by atomic mass is 9.63. The second-order valence-corrected chi connectivity index (χ2v) is 11.4. The SMILES string of the molecule is CC1(C)[C@H]2CC[C@]1(C)CN(C[C@H](O)Cn1c3ccccc3c3cc(I)ccc31)C2. The Balaban J connectivity index is 1.40. The molecule has 29 heavy (non-hydrogen) atoms. The summed E-state index contributed by atoms with van der Waals surface area (Å²) >= 11 is 2.38. The number of halogens is 1. The van der Waals surface area contributed by atoms with E-state index in [4.69, 9.17) is 0 Å². The summed E-state index contributed by atoms with van der Waals surface area (Å²) in [6, 6.07) is 15.2. The van der Waals surface area contributed by atoms with Crippen LogP contribution in [-0.4, -0.2) is 40.3 Å². The molecule has 2 bridgehead atoms. The van der Waals surface area contributed by atoms with Gasteiger partial charge in [-0.15, -0.1) is 0 Å². The van der Waals surface area contributed by atoms with Gasteiger partial charge >= 0.3 is 0 Å². The van der Waals surface area contributed by atoms with Crippen LogP contribution in [0.5, 0.6) is 0 Å². The highest BCUT2D eigenvalue weighted by Crippen LogP contribution is 2.58. The van der Waals surface area contributed by atoms with Crippen molar-refractivity contribution in [2.75, 3.05) is 19.6 Å². The van der Waals surface area contributed by atoms with Crippen LogP contribution in [0.3, 0.4) is 0 Å². The van der Waals surface area contributed by atoms with Crippen LogP contribution in [0, 0.1) is 20.3 Å². The molecule has 4 heteroatoms. The van der Waals surface area contributed by atoms with Gasteiger partial charge in [0.25, 0.3) is 0 Å². The minimum absolute atomic E-state index is 0.363. The Bertz CT molecular complexity index is 1070. The number of β-amino-alcohol motifs (C(OH)–C–C–N with tert-alkyl or cyclic N) is 1. The first-order valence-corrected chi connectivity index (χ1v) is 11.9. The van der Waals surface area contributed by atoms with E-state index in [1.54, 1.807) is 0 Å². The maximum atomic E-state index is 11.1. The number of hydrogen-bond acceptors (Lipinski definition) is 2. The van der Waals surface area contributed by atoms with Crippen molar-refractivity contribution in [1.82, 2.24) is 9.47 Å². The molecule has 3 aromatic rings. The predicted octanol–water partition coefficient (Wildman–Crippen LogP) is 5.52. The number of fused-ring (bicyclic) bond motifs is 5. The van der Waals surface area contributed by atoms with Crippen molar-refractivity contribution in [2.45, 2.75) is 46.3 Å². The van der Waals surface area contributed by atoms with E-state index in [1.807, 2.05) is 0 Å². The largest absolute Gasteiger partial charge is 0.390 e. The van der Waals surface area contributed by atoms with Gasteiger partial charge in [0, 0.05) is 45.0 Å². The van der Waals surface area contributed by atoms with E-state index in [0.717, 1.165) is 25.6 Å². The highest BCUT2D eigenvalue weighted by atomic mass is 127. The molecule has 1 N–H and O–H groups in total. The number of nitrogens with zero attached hydrogens (tertiary/aromatic N) is 2. The third-order valence-electron chi connectivity index (χ3n) is 8.27. The molecule has 1 aromatic heterocycles. The molecule has 0 spiro atoms. The Morgan fingerprint density at radius 3 is 2.62 bits per heavy atom. The van der Waals surface area contributed by atoms with E-state index in [0.29, 0.717) is 17.4 Å². The minimum Gasteiger partial charge on any atom is -0.390 e. The van der Waals surface area contributed by atoms with Crippen molar-refractivity contribution in [1.29, 1.82) is 0 Å². The van der Waals surface area contributed by atoms with Crippen LogP contribution in [-0.2, 0) is 6.54 Å². The molecular weight excluding hydrogens is 471 g/mol. The fraction of sp³-hybridized carbons (Fsp3) is 0.520. The van der Waals surface area contributed by atoms with Crippen molar-refractivity contribution in [3.8, 4) is 0 Å². The van der Waals surface area contributed by atoms with Gasteiger partial charge in [-0.3, -0.25) is 4.90 Å². The van der Waals surface area contributed by atoms with E-state index < -0.39 is 0 Å². The van der Waals surface area contributed by atoms with Crippen LogP contribution in [0.2, 0.25) is 0 Å². The van der Waals surface area contributed by atoms with Gasteiger partial charge in [-0.05, 0) is 76.4 Å². The lowest BCUT2D eigenvalue weighted by Crippen LogP contribution is -2.53. The number of aliphatic hydroxyl groups is 1. The average Bonchev–Trinajstić information content (AvgIpc) is 2.98. The maximum absolute atomic E-state index is 11.1. The van der Waals surface area contributed by atoms with Gasteiger partial charge in [-0.25, -0.2) is 0 Å². The Kier molecular flexibility index (Phi) is 4.76. The quantitative estimate of drug-likeness (QED) is 0.476. The van der Waals surface area contributed by atoms with Crippen molar-refractivity contribution >= 4 is 44.4 Å². The number of likely N-dealkylation sites (tertiary alicyclic amines) is 1. The summed E-state index contributed by atoms with van der Waals surface area (Å²) < 4.78 is 3.56. The lowest BCUT2D eigenvalue weighted by molar-refractivity contribution is -0.0345. The van der Waals surface area contributed by atoms with Gasteiger partial charge in [0.2, 0.25) is 0 Å². The van der Waals surface area contributed by atoms with Crippen LogP contribution in [0.1, 0.15) is 33.6 Å². The Morgan fingerprint density at radius 2 is 1.83 bits per heavy atom. The zero-order valence-electron chi connectivity index (χ0n) is 17.7. The predicted molar refractivity (Wildman–Crippen MR) is 129 cm³/mol. The normalized spacial score (nSPS) is 27.7. The Labute approximate surface area is 187 Å². The summed E-state index contributed by atoms with van der Waals surface area (Å²) in [6.07, 6.45) is 2.29. The molecule has 0 radical (unpaired) electrons. The van der Waals surface area contributed by atoms with Gasteiger partial charge in [-0.2, -0.15) is 0 Å². The Hall–Kier alpha value is -1.11. The van der Waals surface area contributed by atoms with E-state index in [9.17, 15) is 5.11 Å². The molecule has 2 heterocycles. The number of para-hydroxylation sites is 1. The fourth-order valence-electron chi connectivity index (χ4n) is 6.07. The first kappa shape index (κ1) is 19.8. The summed E-state index contributed by atoms with van der Waals surface area (Å²) in [5.41, 5.74) is 3.23. The molecule has 3 nitrogen and oxygen atoms in total. The van der Waals surface area contributed by atoms with E-state index in [1.165, 1.54) is 38.2 Å². The minimum atomic E-state index is -0.363. The first-order chi connectivity index (χ1) is 13.8. The maximum Gasteiger partial charge on any atom is 0.0845 e. The fourth-order valence-corrected chi connectivity index (χ4v) is 6.56. The second-order valence-electron chi connectivity index (χ2n) is 10.2. The van der Waals surface area contributed by atoms with E-state index in [-0.39, 0.29) is 6.10 Å². The topological polar surface area (TPSA) is 28.4 Å². The molecule has 154 valence electrons. The van der Waals surface area contributed by atoms with Crippen molar-refractivity contribution < 1.29 is 5.11 Å². The number of piperidine rings is 1. The lowest BCUT2D eigenvalue weighted by Gasteiger charge is -2.50. The molecular formula is C25H31IN2O. The van der Waals surface area contributed by atoms with E-state index >= 15 is 0 Å². The zero-order valence-corrected chi connectivity index (χ0v) is 19.8. The van der Waals surface area contributed by atoms with Crippen LogP contribution in [0.25, 0.3) is 21.8 Å². The molecule has 1 aliphatic heterocycles. The van der Waals surface area contributed by atoms with Crippen molar-refractivity contribution in [2.24, 2.45) is 16.7 Å². The molecule has 1 saturated carbocycles. The van der Waals surface area contributed by atoms with Gasteiger partial charge in [0.05, 0.1) is 12.6 Å². The highest BCUT2D eigenvalue weighted by Gasteiger charge is 2.55. The summed E-state index contributed by atoms with van der Waals surface area (Å²) in [7, 11) is 0. The van der Waals surface area contributed by atoms with Gasteiger partial charge in [-0.1, -0.05) is 39.0 Å². The van der Waals surface area contributed by atoms with Gasteiger partial charge in [0.15, 0.2) is 0 Å².